The van der Waals surface area contributed by atoms with Crippen molar-refractivity contribution in [1.82, 2.24) is 10.1 Å². The predicted molar refractivity (Wildman–Crippen MR) is 97.0 cm³/mol. The molecule has 1 amide bonds. The van der Waals surface area contributed by atoms with Crippen LogP contribution in [-0.4, -0.2) is 29.4 Å². The van der Waals surface area contributed by atoms with Crippen molar-refractivity contribution in [3.8, 4) is 22.9 Å². The largest absolute Gasteiger partial charge is 0.454 e. The summed E-state index contributed by atoms with van der Waals surface area (Å²) < 4.78 is 54.2. The summed E-state index contributed by atoms with van der Waals surface area (Å²) in [5.41, 5.74) is 0.309. The Balaban J connectivity index is 1.34. The van der Waals surface area contributed by atoms with E-state index in [-0.39, 0.29) is 31.6 Å². The molecule has 1 unspecified atom stereocenters. The van der Waals surface area contributed by atoms with Crippen molar-refractivity contribution in [2.24, 2.45) is 0 Å². The first-order valence-electron chi connectivity index (χ1n) is 9.10. The minimum absolute atomic E-state index is 0.129. The second-order valence-corrected chi connectivity index (χ2v) is 6.97. The van der Waals surface area contributed by atoms with Crippen LogP contribution in [0, 0.1) is 0 Å². The lowest BCUT2D eigenvalue weighted by Gasteiger charge is -2.17. The van der Waals surface area contributed by atoms with Gasteiger partial charge in [0.05, 0.1) is 11.5 Å². The van der Waals surface area contributed by atoms with Crippen molar-refractivity contribution in [2.45, 2.75) is 18.5 Å². The lowest BCUT2D eigenvalue weighted by atomic mass is 10.1. The second-order valence-electron chi connectivity index (χ2n) is 6.97. The number of hydrogen-bond donors (Lipinski definition) is 0. The maximum absolute atomic E-state index is 12.7. The molecule has 154 valence electrons. The number of hydrogen-bond acceptors (Lipinski definition) is 6. The van der Waals surface area contributed by atoms with Gasteiger partial charge in [0.2, 0.25) is 24.4 Å². The number of anilines is 1. The normalized spacial score (nSPS) is 18.3. The standard InChI is InChI=1S/C20H14F3N3O4/c21-20(22,23)13-2-4-14(5-3-13)26-9-12(8-17(26)27)19-24-18(25-30-19)11-1-6-15-16(7-11)29-10-28-15/h1-7,12H,8-10H2. The molecule has 2 aromatic carbocycles. The highest BCUT2D eigenvalue weighted by Gasteiger charge is 2.36. The first kappa shape index (κ1) is 18.5. The molecule has 0 N–H and O–H groups in total. The number of alkyl halides is 3. The number of benzene rings is 2. The van der Waals surface area contributed by atoms with E-state index >= 15 is 0 Å². The first-order valence-corrected chi connectivity index (χ1v) is 9.10. The van der Waals surface area contributed by atoms with Gasteiger partial charge in [-0.2, -0.15) is 18.2 Å². The van der Waals surface area contributed by atoms with Gasteiger partial charge in [-0.25, -0.2) is 0 Å². The number of ether oxygens (including phenoxy) is 2. The molecule has 3 heterocycles. The number of nitrogens with zero attached hydrogens (tertiary/aromatic N) is 3. The summed E-state index contributed by atoms with van der Waals surface area (Å²) in [6, 6.07) is 9.76. The molecule has 1 saturated heterocycles. The maximum atomic E-state index is 12.7. The molecule has 2 aliphatic heterocycles. The van der Waals surface area contributed by atoms with E-state index in [0.29, 0.717) is 34.5 Å². The van der Waals surface area contributed by atoms with Gasteiger partial charge >= 0.3 is 6.18 Å². The quantitative estimate of drug-likeness (QED) is 0.641. The molecular formula is C20H14F3N3O4. The molecule has 3 aromatic rings. The number of amides is 1. The van der Waals surface area contributed by atoms with Crippen LogP contribution < -0.4 is 14.4 Å². The molecule has 30 heavy (non-hydrogen) atoms. The monoisotopic (exact) mass is 417 g/mol. The van der Waals surface area contributed by atoms with Crippen LogP contribution >= 0.6 is 0 Å². The Morgan fingerprint density at radius 3 is 2.57 bits per heavy atom. The Morgan fingerprint density at radius 2 is 1.80 bits per heavy atom. The average Bonchev–Trinajstić information content (AvgIpc) is 3.46. The fourth-order valence-corrected chi connectivity index (χ4v) is 3.51. The minimum atomic E-state index is -4.43. The van der Waals surface area contributed by atoms with Gasteiger partial charge in [-0.1, -0.05) is 5.16 Å². The molecule has 0 bridgehead atoms. The fraction of sp³-hybridized carbons (Fsp3) is 0.250. The Morgan fingerprint density at radius 1 is 1.03 bits per heavy atom. The van der Waals surface area contributed by atoms with Crippen LogP contribution in [0.4, 0.5) is 18.9 Å². The van der Waals surface area contributed by atoms with Crippen LogP contribution in [0.15, 0.2) is 47.0 Å². The zero-order valence-corrected chi connectivity index (χ0v) is 15.3. The van der Waals surface area contributed by atoms with Gasteiger partial charge < -0.3 is 18.9 Å². The molecule has 5 rings (SSSR count). The van der Waals surface area contributed by atoms with Gasteiger partial charge in [-0.15, -0.1) is 0 Å². The Bertz CT molecular complexity index is 1110. The van der Waals surface area contributed by atoms with Crippen molar-refractivity contribution in [3.63, 3.8) is 0 Å². The maximum Gasteiger partial charge on any atom is 0.416 e. The zero-order chi connectivity index (χ0) is 20.9. The summed E-state index contributed by atoms with van der Waals surface area (Å²) in [5, 5.41) is 3.98. The number of fused-ring (bicyclic) bond motifs is 1. The topological polar surface area (TPSA) is 77.7 Å². The molecule has 2 aliphatic rings. The number of carbonyl (C=O) groups is 1. The van der Waals surface area contributed by atoms with Crippen molar-refractivity contribution in [3.05, 3.63) is 53.9 Å². The Labute approximate surface area is 168 Å². The van der Waals surface area contributed by atoms with Gasteiger partial charge in [0.15, 0.2) is 11.5 Å². The molecule has 1 atom stereocenters. The van der Waals surface area contributed by atoms with Crippen LogP contribution in [0.5, 0.6) is 11.5 Å². The Hall–Kier alpha value is -3.56. The smallest absolute Gasteiger partial charge is 0.416 e. The van der Waals surface area contributed by atoms with Crippen LogP contribution in [-0.2, 0) is 11.0 Å². The van der Waals surface area contributed by atoms with E-state index in [1.165, 1.54) is 17.0 Å². The summed E-state index contributed by atoms with van der Waals surface area (Å²) in [4.78, 5) is 18.2. The highest BCUT2D eigenvalue weighted by molar-refractivity contribution is 5.96. The summed E-state index contributed by atoms with van der Waals surface area (Å²) in [6.07, 6.45) is -4.30. The van der Waals surface area contributed by atoms with E-state index in [2.05, 4.69) is 10.1 Å². The van der Waals surface area contributed by atoms with E-state index < -0.39 is 11.7 Å². The van der Waals surface area contributed by atoms with E-state index in [1.807, 2.05) is 0 Å². The summed E-state index contributed by atoms with van der Waals surface area (Å²) in [6.45, 7) is 0.396. The van der Waals surface area contributed by atoms with Crippen LogP contribution in [0.2, 0.25) is 0 Å². The summed E-state index contributed by atoms with van der Waals surface area (Å²) in [7, 11) is 0. The number of carbonyl (C=O) groups excluding carboxylic acids is 1. The summed E-state index contributed by atoms with van der Waals surface area (Å²) in [5.74, 6) is 1.30. The fourth-order valence-electron chi connectivity index (χ4n) is 3.51. The van der Waals surface area contributed by atoms with Gasteiger partial charge in [-0.3, -0.25) is 4.79 Å². The SMILES string of the molecule is O=C1CC(c2nc(-c3ccc4c(c3)OCO4)no2)CN1c1ccc(C(F)(F)F)cc1. The predicted octanol–water partition coefficient (Wildman–Crippen LogP) is 4.00. The molecule has 0 aliphatic carbocycles. The highest BCUT2D eigenvalue weighted by Crippen LogP contribution is 2.37. The zero-order valence-electron chi connectivity index (χ0n) is 15.3. The highest BCUT2D eigenvalue weighted by atomic mass is 19.4. The second kappa shape index (κ2) is 6.75. The van der Waals surface area contributed by atoms with Gasteiger partial charge in [0, 0.05) is 24.2 Å². The molecule has 0 radical (unpaired) electrons. The van der Waals surface area contributed by atoms with Crippen LogP contribution in [0.25, 0.3) is 11.4 Å². The molecule has 0 spiro atoms. The molecule has 10 heteroatoms. The first-order chi connectivity index (χ1) is 14.4. The third-order valence-corrected chi connectivity index (χ3v) is 5.05. The van der Waals surface area contributed by atoms with E-state index in [0.717, 1.165) is 12.1 Å². The Kier molecular flexibility index (Phi) is 4.16. The van der Waals surface area contributed by atoms with Crippen molar-refractivity contribution >= 4 is 11.6 Å². The van der Waals surface area contributed by atoms with E-state index in [4.69, 9.17) is 14.0 Å². The van der Waals surface area contributed by atoms with E-state index in [9.17, 15) is 18.0 Å². The van der Waals surface area contributed by atoms with Gasteiger partial charge in [-0.05, 0) is 42.5 Å². The summed E-state index contributed by atoms with van der Waals surface area (Å²) >= 11 is 0. The molecule has 1 aromatic heterocycles. The van der Waals surface area contributed by atoms with E-state index in [1.54, 1.807) is 18.2 Å². The van der Waals surface area contributed by atoms with Gasteiger partial charge in [0.25, 0.3) is 0 Å². The third kappa shape index (κ3) is 3.23. The molecule has 7 nitrogen and oxygen atoms in total. The lowest BCUT2D eigenvalue weighted by molar-refractivity contribution is -0.137. The molecule has 0 saturated carbocycles. The van der Waals surface area contributed by atoms with Crippen LogP contribution in [0.1, 0.15) is 23.8 Å². The van der Waals surface area contributed by atoms with Crippen molar-refractivity contribution in [1.29, 1.82) is 0 Å². The van der Waals surface area contributed by atoms with Gasteiger partial charge in [0.1, 0.15) is 0 Å². The van der Waals surface area contributed by atoms with Crippen molar-refractivity contribution < 1.29 is 32.0 Å². The number of rotatable bonds is 3. The molecular weight excluding hydrogens is 403 g/mol. The number of halogens is 3. The minimum Gasteiger partial charge on any atom is -0.454 e. The lowest BCUT2D eigenvalue weighted by Crippen LogP contribution is -2.24. The third-order valence-electron chi connectivity index (χ3n) is 5.05. The molecule has 1 fully saturated rings. The van der Waals surface area contributed by atoms with Crippen LogP contribution in [0.3, 0.4) is 0 Å². The van der Waals surface area contributed by atoms with Crippen molar-refractivity contribution in [2.75, 3.05) is 18.2 Å². The number of aromatic nitrogens is 2. The average molecular weight is 417 g/mol.